The molecule has 0 saturated carbocycles. The van der Waals surface area contributed by atoms with Gasteiger partial charge in [0.2, 0.25) is 11.8 Å². The Morgan fingerprint density at radius 2 is 1.33 bits per heavy atom. The quantitative estimate of drug-likeness (QED) is 0.148. The van der Waals surface area contributed by atoms with E-state index in [2.05, 4.69) is 25.5 Å². The molecule has 2 aromatic carbocycles. The van der Waals surface area contributed by atoms with E-state index in [0.29, 0.717) is 82.0 Å². The summed E-state index contributed by atoms with van der Waals surface area (Å²) in [4.78, 5) is 32.9. The summed E-state index contributed by atoms with van der Waals surface area (Å²) in [5.41, 5.74) is -0.833. The van der Waals surface area contributed by atoms with Crippen molar-refractivity contribution in [1.29, 1.82) is 0 Å². The first-order valence-corrected chi connectivity index (χ1v) is 20.7. The minimum Gasteiger partial charge on any atom is -0.475 e. The topological polar surface area (TPSA) is 194 Å². The molecule has 61 heavy (non-hydrogen) atoms. The van der Waals surface area contributed by atoms with Gasteiger partial charge in [-0.3, -0.25) is 9.13 Å². The van der Waals surface area contributed by atoms with Crippen molar-refractivity contribution in [3.63, 3.8) is 0 Å². The number of aromatic nitrogens is 4. The van der Waals surface area contributed by atoms with Gasteiger partial charge in [0.1, 0.15) is 36.9 Å². The fraction of sp³-hybridized carbons (Fsp3) is 0.400. The highest BCUT2D eigenvalue weighted by Gasteiger charge is 2.48. The number of nitrogens with zero attached hydrogens (tertiary/aromatic N) is 4. The molecule has 2 unspecified atom stereocenters. The Morgan fingerprint density at radius 3 is 1.85 bits per heavy atom. The molecule has 17 nitrogen and oxygen atoms in total. The molecule has 2 atom stereocenters. The smallest absolute Gasteiger partial charge is 0.475 e. The van der Waals surface area contributed by atoms with Crippen LogP contribution in [0.4, 0.5) is 18.9 Å². The number of anilines is 1. The van der Waals surface area contributed by atoms with Gasteiger partial charge in [-0.25, -0.2) is 9.59 Å². The number of furan rings is 1. The lowest BCUT2D eigenvalue weighted by atomic mass is 9.97. The van der Waals surface area contributed by atoms with Crippen LogP contribution < -0.4 is 30.4 Å². The second-order valence-electron chi connectivity index (χ2n) is 14.2. The Balaban J connectivity index is 0.000000168. The van der Waals surface area contributed by atoms with Crippen molar-refractivity contribution < 1.29 is 58.6 Å². The fourth-order valence-electron chi connectivity index (χ4n) is 7.10. The summed E-state index contributed by atoms with van der Waals surface area (Å²) in [5, 5.41) is 3.38. The Kier molecular flexibility index (Phi) is 12.4. The van der Waals surface area contributed by atoms with Crippen LogP contribution in [0, 0.1) is 0 Å². The third-order valence-electron chi connectivity index (χ3n) is 10.1. The summed E-state index contributed by atoms with van der Waals surface area (Å²) >= 11 is 0. The van der Waals surface area contributed by atoms with E-state index in [1.807, 2.05) is 30.3 Å². The van der Waals surface area contributed by atoms with E-state index < -0.39 is 27.1 Å². The summed E-state index contributed by atoms with van der Waals surface area (Å²) in [5.74, 6) is 0.795. The first-order valence-electron chi connectivity index (χ1n) is 19.3. The molecule has 2 fully saturated rings. The zero-order valence-corrected chi connectivity index (χ0v) is 33.2. The molecule has 0 aliphatic carbocycles. The van der Waals surface area contributed by atoms with Gasteiger partial charge < -0.3 is 42.3 Å². The van der Waals surface area contributed by atoms with E-state index in [1.165, 1.54) is 28.3 Å². The molecule has 5 aromatic rings. The largest absolute Gasteiger partial charge is 0.534 e. The Bertz CT molecular complexity index is 2570. The lowest BCUT2D eigenvalue weighted by Gasteiger charge is -2.24. The standard InChI is InChI=1S/C22H23N3O5.C18H17F3N2O7S/c26-22-24-21(30-14-18-13-27-8-9-29-18)11-20-19-4-3-16(10-15(19)5-6-25(20)22)23-12-17-2-1-7-28-17;19-18(20,21)31(25,26)30-12-1-2-14-11(7-12)3-4-23-15(14)8-16(22-17(23)24)29-10-13-9-27-5-6-28-13/h1-4,7,10-11,18,23H,5-6,8-9,12-14H2;1-2,7-8,13H,3-6,9-10H2. The van der Waals surface area contributed by atoms with Crippen LogP contribution in [0.1, 0.15) is 16.9 Å². The van der Waals surface area contributed by atoms with Crippen molar-refractivity contribution >= 4 is 15.8 Å². The minimum atomic E-state index is -5.78. The third kappa shape index (κ3) is 9.91. The number of hydrogen-bond donors (Lipinski definition) is 1. The van der Waals surface area contributed by atoms with Gasteiger partial charge in [-0.1, -0.05) is 6.07 Å². The van der Waals surface area contributed by atoms with Crippen molar-refractivity contribution in [2.75, 3.05) is 58.2 Å². The predicted octanol–water partition coefficient (Wildman–Crippen LogP) is 3.95. The van der Waals surface area contributed by atoms with Crippen LogP contribution in [-0.4, -0.2) is 98.1 Å². The number of hydrogen-bond acceptors (Lipinski definition) is 15. The molecule has 7 heterocycles. The molecular formula is C40H40F3N5O12S. The first-order chi connectivity index (χ1) is 29.4. The normalized spacial score (nSPS) is 18.3. The summed E-state index contributed by atoms with van der Waals surface area (Å²) in [6.45, 7) is 4.80. The van der Waals surface area contributed by atoms with E-state index in [1.54, 1.807) is 10.8 Å². The van der Waals surface area contributed by atoms with Crippen LogP contribution in [0.2, 0.25) is 0 Å². The second-order valence-corrected chi connectivity index (χ2v) is 15.7. The maximum absolute atomic E-state index is 12.6. The lowest BCUT2D eigenvalue weighted by molar-refractivity contribution is -0.102. The van der Waals surface area contributed by atoms with Crippen LogP contribution >= 0.6 is 0 Å². The van der Waals surface area contributed by atoms with Crippen LogP contribution in [0.15, 0.2) is 80.9 Å². The fourth-order valence-corrected chi connectivity index (χ4v) is 7.55. The molecule has 0 amide bonds. The minimum absolute atomic E-state index is 0.0678. The highest BCUT2D eigenvalue weighted by Crippen LogP contribution is 2.35. The zero-order chi connectivity index (χ0) is 42.6. The third-order valence-corrected chi connectivity index (χ3v) is 11.0. The van der Waals surface area contributed by atoms with Gasteiger partial charge >= 0.3 is 27.0 Å². The summed E-state index contributed by atoms with van der Waals surface area (Å²) in [6, 6.07) is 17.0. The monoisotopic (exact) mass is 871 g/mol. The molecule has 21 heteroatoms. The molecule has 1 N–H and O–H groups in total. The molecule has 0 bridgehead atoms. The summed E-state index contributed by atoms with van der Waals surface area (Å²) in [6.07, 6.45) is 2.28. The van der Waals surface area contributed by atoms with E-state index in [4.69, 9.17) is 32.8 Å². The molecule has 324 valence electrons. The number of ether oxygens (including phenoxy) is 6. The number of nitrogens with one attached hydrogen (secondary N) is 1. The highest BCUT2D eigenvalue weighted by atomic mass is 32.2. The van der Waals surface area contributed by atoms with Crippen molar-refractivity contribution in [1.82, 2.24) is 19.1 Å². The Hall–Kier alpha value is -5.74. The second kappa shape index (κ2) is 18.1. The van der Waals surface area contributed by atoms with Gasteiger partial charge in [0, 0.05) is 42.0 Å². The van der Waals surface area contributed by atoms with Crippen LogP contribution in [-0.2, 0) is 61.5 Å². The number of rotatable bonds is 11. The maximum atomic E-state index is 12.6. The number of aryl methyl sites for hydroxylation is 2. The molecule has 2 saturated heterocycles. The van der Waals surface area contributed by atoms with Gasteiger partial charge in [-0.15, -0.1) is 0 Å². The molecule has 4 aliphatic rings. The summed E-state index contributed by atoms with van der Waals surface area (Å²) in [7, 11) is -5.78. The van der Waals surface area contributed by atoms with Crippen LogP contribution in [0.5, 0.6) is 17.5 Å². The Labute approximate surface area is 346 Å². The first kappa shape index (κ1) is 42.0. The van der Waals surface area contributed by atoms with Gasteiger partial charge in [0.05, 0.1) is 63.8 Å². The molecule has 9 rings (SSSR count). The zero-order valence-electron chi connectivity index (χ0n) is 32.4. The van der Waals surface area contributed by atoms with E-state index in [-0.39, 0.29) is 43.4 Å². The van der Waals surface area contributed by atoms with Crippen molar-refractivity contribution in [3.8, 4) is 40.0 Å². The number of fused-ring (bicyclic) bond motifs is 6. The SMILES string of the molecule is O=c1nc(OCC2COCCO2)cc2n1CCc1cc(NCc3ccco3)ccc1-2.O=c1nc(OCC2COCCO2)cc2n1CCc1cc(OS(=O)(=O)C(F)(F)F)ccc1-2. The van der Waals surface area contributed by atoms with Gasteiger partial charge in [0.25, 0.3) is 0 Å². The molecule has 0 radical (unpaired) electrons. The molecule has 4 aliphatic heterocycles. The molecule has 3 aromatic heterocycles. The van der Waals surface area contributed by atoms with Crippen molar-refractivity contribution in [2.45, 2.75) is 50.2 Å². The van der Waals surface area contributed by atoms with E-state index in [9.17, 15) is 31.2 Å². The average Bonchev–Trinajstić information content (AvgIpc) is 3.78. The summed E-state index contributed by atoms with van der Waals surface area (Å²) < 4.78 is 106. The lowest BCUT2D eigenvalue weighted by Crippen LogP contribution is -2.34. The van der Waals surface area contributed by atoms with Crippen molar-refractivity contribution in [3.05, 3.63) is 105 Å². The van der Waals surface area contributed by atoms with Crippen LogP contribution in [0.3, 0.4) is 0 Å². The van der Waals surface area contributed by atoms with Gasteiger partial charge in [-0.05, 0) is 66.4 Å². The Morgan fingerprint density at radius 1 is 0.754 bits per heavy atom. The highest BCUT2D eigenvalue weighted by molar-refractivity contribution is 7.88. The van der Waals surface area contributed by atoms with E-state index >= 15 is 0 Å². The van der Waals surface area contributed by atoms with Gasteiger partial charge in [-0.2, -0.15) is 31.6 Å². The molecule has 0 spiro atoms. The maximum Gasteiger partial charge on any atom is 0.534 e. The predicted molar refractivity (Wildman–Crippen MR) is 209 cm³/mol. The van der Waals surface area contributed by atoms with Crippen molar-refractivity contribution in [2.24, 2.45) is 0 Å². The number of halogens is 3. The molecular weight excluding hydrogens is 832 g/mol. The average molecular weight is 872 g/mol. The van der Waals surface area contributed by atoms with Crippen LogP contribution in [0.25, 0.3) is 22.5 Å². The van der Waals surface area contributed by atoms with Gasteiger partial charge in [0.15, 0.2) is 0 Å². The van der Waals surface area contributed by atoms with E-state index in [0.717, 1.165) is 35.2 Å². The number of benzene rings is 2. The number of alkyl halides is 3.